The van der Waals surface area contributed by atoms with Gasteiger partial charge >= 0.3 is 0 Å². The Morgan fingerprint density at radius 1 is 1.07 bits per heavy atom. The van der Waals surface area contributed by atoms with Gasteiger partial charge in [0.15, 0.2) is 9.87 Å². The maximum Gasteiger partial charge on any atom is 0.164 e. The van der Waals surface area contributed by atoms with Gasteiger partial charge in [-0.3, -0.25) is 0 Å². The van der Waals surface area contributed by atoms with Crippen LogP contribution in [0.15, 0.2) is 24.0 Å². The van der Waals surface area contributed by atoms with Gasteiger partial charge in [-0.2, -0.15) is 0 Å². The van der Waals surface area contributed by atoms with Crippen molar-refractivity contribution >= 4 is 23.5 Å². The fourth-order valence-electron chi connectivity index (χ4n) is 1.20. The Bertz CT molecular complexity index is 233. The van der Waals surface area contributed by atoms with Crippen molar-refractivity contribution < 1.29 is 14.2 Å². The third-order valence-electron chi connectivity index (χ3n) is 2.17. The molecule has 2 unspecified atom stereocenters. The Hall–Kier alpha value is 0.0600. The molecule has 0 saturated carbocycles. The van der Waals surface area contributed by atoms with Crippen molar-refractivity contribution in [3.8, 4) is 0 Å². The minimum atomic E-state index is -0.170. The van der Waals surface area contributed by atoms with Crippen molar-refractivity contribution in [3.63, 3.8) is 0 Å². The molecule has 2 atom stereocenters. The molecule has 0 N–H and O–H groups in total. The number of thioether (sulfide) groups is 2. The molecular formula is C10H14O3S2. The zero-order valence-electron chi connectivity index (χ0n) is 8.44. The summed E-state index contributed by atoms with van der Waals surface area (Å²) < 4.78 is 16.3. The summed E-state index contributed by atoms with van der Waals surface area (Å²) in [6, 6.07) is 0. The number of hydrogen-bond donors (Lipinski definition) is 0. The van der Waals surface area contributed by atoms with Gasteiger partial charge in [0.05, 0.1) is 26.4 Å². The maximum atomic E-state index is 5.61. The lowest BCUT2D eigenvalue weighted by Gasteiger charge is -2.12. The predicted octanol–water partition coefficient (Wildman–Crippen LogP) is 2.21. The Morgan fingerprint density at radius 3 is 1.73 bits per heavy atom. The van der Waals surface area contributed by atoms with Crippen molar-refractivity contribution in [2.45, 2.75) is 9.87 Å². The molecule has 2 aliphatic rings. The second-order valence-corrected chi connectivity index (χ2v) is 6.09. The van der Waals surface area contributed by atoms with Crippen LogP contribution < -0.4 is 0 Å². The van der Waals surface area contributed by atoms with E-state index < -0.39 is 0 Å². The van der Waals surface area contributed by atoms with Crippen molar-refractivity contribution in [3.05, 3.63) is 24.0 Å². The van der Waals surface area contributed by atoms with Crippen LogP contribution in [-0.2, 0) is 14.2 Å². The van der Waals surface area contributed by atoms with Gasteiger partial charge in [-0.1, -0.05) is 36.7 Å². The van der Waals surface area contributed by atoms with E-state index in [-0.39, 0.29) is 9.87 Å². The fraction of sp³-hybridized carbons (Fsp3) is 0.600. The molecule has 2 rings (SSSR count). The molecule has 5 heteroatoms. The SMILES string of the molecule is C=CSC1(COCC2(SC=C)CO2)CO1. The fourth-order valence-corrected chi connectivity index (χ4v) is 2.50. The summed E-state index contributed by atoms with van der Waals surface area (Å²) >= 11 is 3.16. The highest BCUT2D eigenvalue weighted by Gasteiger charge is 2.48. The Kier molecular flexibility index (Phi) is 3.47. The first-order chi connectivity index (χ1) is 7.24. The van der Waals surface area contributed by atoms with Crippen LogP contribution in [0.5, 0.6) is 0 Å². The molecule has 0 amide bonds. The zero-order chi connectivity index (χ0) is 10.8. The van der Waals surface area contributed by atoms with Gasteiger partial charge in [-0.25, -0.2) is 0 Å². The monoisotopic (exact) mass is 246 g/mol. The average Bonchev–Trinajstić information content (AvgIpc) is 3.08. The summed E-state index contributed by atoms with van der Waals surface area (Å²) in [5.74, 6) is 0. The molecule has 2 aliphatic heterocycles. The Balaban J connectivity index is 1.66. The molecule has 2 saturated heterocycles. The van der Waals surface area contributed by atoms with Crippen molar-refractivity contribution in [1.29, 1.82) is 0 Å². The van der Waals surface area contributed by atoms with E-state index in [1.165, 1.54) is 0 Å². The molecule has 2 fully saturated rings. The molecule has 0 spiro atoms. The predicted molar refractivity (Wildman–Crippen MR) is 63.8 cm³/mol. The van der Waals surface area contributed by atoms with Crippen LogP contribution in [0.1, 0.15) is 0 Å². The largest absolute Gasteiger partial charge is 0.373 e. The normalized spacial score (nSPS) is 37.3. The van der Waals surface area contributed by atoms with E-state index in [0.717, 1.165) is 13.2 Å². The van der Waals surface area contributed by atoms with Crippen LogP contribution in [0.2, 0.25) is 0 Å². The molecule has 0 aromatic heterocycles. The maximum absolute atomic E-state index is 5.61. The minimum absolute atomic E-state index is 0.170. The number of rotatable bonds is 8. The Labute approximate surface area is 98.2 Å². The van der Waals surface area contributed by atoms with E-state index in [9.17, 15) is 0 Å². The highest BCUT2D eigenvalue weighted by Crippen LogP contribution is 2.43. The van der Waals surface area contributed by atoms with Crippen LogP contribution in [0.4, 0.5) is 0 Å². The summed E-state index contributed by atoms with van der Waals surface area (Å²) in [5, 5.41) is 3.58. The lowest BCUT2D eigenvalue weighted by Crippen LogP contribution is -2.21. The van der Waals surface area contributed by atoms with Crippen LogP contribution in [0.25, 0.3) is 0 Å². The topological polar surface area (TPSA) is 34.3 Å². The number of epoxide rings is 2. The molecule has 0 aliphatic carbocycles. The van der Waals surface area contributed by atoms with E-state index in [1.807, 2.05) is 0 Å². The van der Waals surface area contributed by atoms with Crippen LogP contribution in [-0.4, -0.2) is 36.3 Å². The standard InChI is InChI=1S/C10H14O3S2/c1-3-14-9(7-12-9)5-11-6-10(8-13-10)15-4-2/h3-4H,1-2,5-8H2. The Morgan fingerprint density at radius 2 is 1.47 bits per heavy atom. The first-order valence-corrected chi connectivity index (χ1v) is 6.43. The molecule has 2 heterocycles. The van der Waals surface area contributed by atoms with E-state index in [0.29, 0.717) is 13.2 Å². The van der Waals surface area contributed by atoms with Gasteiger partial charge in [0, 0.05) is 0 Å². The van der Waals surface area contributed by atoms with E-state index >= 15 is 0 Å². The summed E-state index contributed by atoms with van der Waals surface area (Å²) in [5.41, 5.74) is 0. The minimum Gasteiger partial charge on any atom is -0.373 e. The van der Waals surface area contributed by atoms with E-state index in [4.69, 9.17) is 14.2 Å². The van der Waals surface area contributed by atoms with Crippen molar-refractivity contribution in [1.82, 2.24) is 0 Å². The van der Waals surface area contributed by atoms with Gasteiger partial charge in [0.1, 0.15) is 0 Å². The second kappa shape index (κ2) is 4.51. The van der Waals surface area contributed by atoms with Gasteiger partial charge in [0.2, 0.25) is 0 Å². The number of ether oxygens (including phenoxy) is 3. The van der Waals surface area contributed by atoms with E-state index in [1.54, 1.807) is 34.3 Å². The smallest absolute Gasteiger partial charge is 0.164 e. The van der Waals surface area contributed by atoms with Crippen molar-refractivity contribution in [2.24, 2.45) is 0 Å². The lowest BCUT2D eigenvalue weighted by molar-refractivity contribution is 0.0868. The number of hydrogen-bond acceptors (Lipinski definition) is 5. The molecule has 3 nitrogen and oxygen atoms in total. The molecule has 15 heavy (non-hydrogen) atoms. The zero-order valence-corrected chi connectivity index (χ0v) is 10.1. The lowest BCUT2D eigenvalue weighted by atomic mass is 10.5. The quantitative estimate of drug-likeness (QED) is 0.613. The van der Waals surface area contributed by atoms with Crippen LogP contribution >= 0.6 is 23.5 Å². The average molecular weight is 246 g/mol. The highest BCUT2D eigenvalue weighted by atomic mass is 32.2. The molecule has 0 bridgehead atoms. The van der Waals surface area contributed by atoms with Gasteiger partial charge < -0.3 is 14.2 Å². The summed E-state index contributed by atoms with van der Waals surface area (Å²) in [6.45, 7) is 10.0. The van der Waals surface area contributed by atoms with Crippen molar-refractivity contribution in [2.75, 3.05) is 26.4 Å². The van der Waals surface area contributed by atoms with Crippen LogP contribution in [0, 0.1) is 0 Å². The summed E-state index contributed by atoms with van der Waals surface area (Å²) in [7, 11) is 0. The summed E-state index contributed by atoms with van der Waals surface area (Å²) in [6.07, 6.45) is 0. The van der Waals surface area contributed by atoms with Gasteiger partial charge in [-0.15, -0.1) is 0 Å². The molecule has 84 valence electrons. The summed E-state index contributed by atoms with van der Waals surface area (Å²) in [4.78, 5) is -0.340. The third kappa shape index (κ3) is 3.01. The highest BCUT2D eigenvalue weighted by molar-refractivity contribution is 8.03. The van der Waals surface area contributed by atoms with E-state index in [2.05, 4.69) is 13.2 Å². The molecule has 0 aromatic carbocycles. The van der Waals surface area contributed by atoms with Crippen LogP contribution in [0.3, 0.4) is 0 Å². The first-order valence-electron chi connectivity index (χ1n) is 4.67. The first kappa shape index (κ1) is 11.5. The molecular weight excluding hydrogens is 232 g/mol. The second-order valence-electron chi connectivity index (χ2n) is 3.46. The van der Waals surface area contributed by atoms with Gasteiger partial charge in [-0.05, 0) is 10.8 Å². The molecule has 0 radical (unpaired) electrons. The van der Waals surface area contributed by atoms with Gasteiger partial charge in [0.25, 0.3) is 0 Å². The molecule has 0 aromatic rings. The third-order valence-corrected chi connectivity index (χ3v) is 4.07.